The molecule has 0 aliphatic carbocycles. The van der Waals surface area contributed by atoms with Crippen molar-refractivity contribution in [3.05, 3.63) is 24.3 Å². The lowest BCUT2D eigenvalue weighted by Crippen LogP contribution is -2.27. The highest BCUT2D eigenvalue weighted by molar-refractivity contribution is 4.92. The van der Waals surface area contributed by atoms with Gasteiger partial charge in [-0.2, -0.15) is 0 Å². The molecule has 0 bridgehead atoms. The van der Waals surface area contributed by atoms with Gasteiger partial charge in [0.2, 0.25) is 0 Å². The number of unbranched alkanes of at least 4 members (excludes halogenated alkanes) is 14. The maximum atomic E-state index is 2.47. The van der Waals surface area contributed by atoms with Crippen molar-refractivity contribution in [2.75, 3.05) is 14.1 Å². The van der Waals surface area contributed by atoms with Crippen LogP contribution in [0.3, 0.4) is 0 Å². The Hall–Kier alpha value is -0.560. The van der Waals surface area contributed by atoms with Crippen molar-refractivity contribution >= 4 is 0 Å². The first-order valence-corrected chi connectivity index (χ1v) is 13.7. The fourth-order valence-electron chi connectivity index (χ4n) is 4.19. The van der Waals surface area contributed by atoms with E-state index in [2.05, 4.69) is 57.1 Å². The van der Waals surface area contributed by atoms with Crippen molar-refractivity contribution in [1.29, 1.82) is 0 Å². The summed E-state index contributed by atoms with van der Waals surface area (Å²) in [7, 11) is 4.55. The number of hydrogen-bond donors (Lipinski definition) is 0. The summed E-state index contributed by atoms with van der Waals surface area (Å²) >= 11 is 0. The maximum absolute atomic E-state index is 2.47. The highest BCUT2D eigenvalue weighted by Gasteiger charge is 2.10. The van der Waals surface area contributed by atoms with Gasteiger partial charge in [-0.15, -0.1) is 0 Å². The summed E-state index contributed by atoms with van der Waals surface area (Å²) in [5.41, 5.74) is 0. The second kappa shape index (κ2) is 24.7. The van der Waals surface area contributed by atoms with Gasteiger partial charge in [0.05, 0.1) is 0 Å². The van der Waals surface area contributed by atoms with E-state index in [-0.39, 0.29) is 0 Å². The van der Waals surface area contributed by atoms with Crippen molar-refractivity contribution < 1.29 is 0 Å². The van der Waals surface area contributed by atoms with Gasteiger partial charge >= 0.3 is 0 Å². The number of nitrogens with zero attached hydrogens (tertiary/aromatic N) is 1. The molecule has 0 spiro atoms. The SMILES string of the molecule is CCCCCC=CCC=CCCCCCCCCCC(CCCCCCC)N(C)C. The van der Waals surface area contributed by atoms with Crippen LogP contribution in [0.5, 0.6) is 0 Å². The Kier molecular flexibility index (Phi) is 24.2. The van der Waals surface area contributed by atoms with Crippen LogP contribution in [0.1, 0.15) is 142 Å². The number of hydrogen-bond acceptors (Lipinski definition) is 1. The molecular formula is C29H57N. The fourth-order valence-corrected chi connectivity index (χ4v) is 4.19. The number of allylic oxidation sites excluding steroid dienone is 4. The molecule has 1 heteroatoms. The molecule has 30 heavy (non-hydrogen) atoms. The van der Waals surface area contributed by atoms with Crippen LogP contribution in [0, 0.1) is 0 Å². The zero-order valence-corrected chi connectivity index (χ0v) is 21.5. The summed E-state index contributed by atoms with van der Waals surface area (Å²) in [6.07, 6.45) is 36.9. The van der Waals surface area contributed by atoms with E-state index in [1.54, 1.807) is 0 Å². The van der Waals surface area contributed by atoms with Gasteiger partial charge in [-0.05, 0) is 59.0 Å². The minimum Gasteiger partial charge on any atom is -0.306 e. The zero-order chi connectivity index (χ0) is 22.1. The zero-order valence-electron chi connectivity index (χ0n) is 21.5. The largest absolute Gasteiger partial charge is 0.306 e. The van der Waals surface area contributed by atoms with E-state index in [1.165, 1.54) is 122 Å². The molecule has 1 unspecified atom stereocenters. The van der Waals surface area contributed by atoms with Gasteiger partial charge in [-0.1, -0.05) is 122 Å². The predicted molar refractivity (Wildman–Crippen MR) is 139 cm³/mol. The molecule has 0 aromatic rings. The lowest BCUT2D eigenvalue weighted by Gasteiger charge is -2.24. The Morgan fingerprint density at radius 3 is 1.40 bits per heavy atom. The minimum atomic E-state index is 0.810. The van der Waals surface area contributed by atoms with Crippen molar-refractivity contribution in [3.8, 4) is 0 Å². The third kappa shape index (κ3) is 22.1. The van der Waals surface area contributed by atoms with Gasteiger partial charge in [0, 0.05) is 6.04 Å². The molecule has 0 heterocycles. The molecule has 0 rings (SSSR count). The highest BCUT2D eigenvalue weighted by Crippen LogP contribution is 2.17. The van der Waals surface area contributed by atoms with Crippen LogP contribution in [0.2, 0.25) is 0 Å². The van der Waals surface area contributed by atoms with Gasteiger partial charge in [0.1, 0.15) is 0 Å². The topological polar surface area (TPSA) is 3.24 Å². The Balaban J connectivity index is 3.43. The van der Waals surface area contributed by atoms with Crippen LogP contribution in [0.25, 0.3) is 0 Å². The molecule has 1 atom stereocenters. The minimum absolute atomic E-state index is 0.810. The maximum Gasteiger partial charge on any atom is 0.00891 e. The Bertz CT molecular complexity index is 369. The highest BCUT2D eigenvalue weighted by atomic mass is 15.1. The first-order valence-electron chi connectivity index (χ1n) is 13.7. The van der Waals surface area contributed by atoms with E-state index in [4.69, 9.17) is 0 Å². The van der Waals surface area contributed by atoms with E-state index < -0.39 is 0 Å². The third-order valence-corrected chi connectivity index (χ3v) is 6.36. The van der Waals surface area contributed by atoms with Gasteiger partial charge in [0.15, 0.2) is 0 Å². The molecule has 0 N–H and O–H groups in total. The monoisotopic (exact) mass is 419 g/mol. The smallest absolute Gasteiger partial charge is 0.00891 e. The quantitative estimate of drug-likeness (QED) is 0.118. The average molecular weight is 420 g/mol. The molecular weight excluding hydrogens is 362 g/mol. The Morgan fingerprint density at radius 2 is 0.900 bits per heavy atom. The molecule has 0 saturated heterocycles. The predicted octanol–water partition coefficient (Wildman–Crippen LogP) is 9.87. The molecule has 0 fully saturated rings. The molecule has 0 aromatic heterocycles. The van der Waals surface area contributed by atoms with E-state index in [1.807, 2.05) is 0 Å². The van der Waals surface area contributed by atoms with Gasteiger partial charge in [-0.3, -0.25) is 0 Å². The summed E-state index contributed by atoms with van der Waals surface area (Å²) < 4.78 is 0. The van der Waals surface area contributed by atoms with E-state index in [0.29, 0.717) is 0 Å². The van der Waals surface area contributed by atoms with Crippen molar-refractivity contribution in [2.45, 2.75) is 148 Å². The molecule has 0 aliphatic heterocycles. The van der Waals surface area contributed by atoms with Gasteiger partial charge < -0.3 is 4.90 Å². The standard InChI is InChI=1S/C29H57N/c1-5-7-9-11-12-13-14-15-16-17-18-19-20-21-22-24-26-28-29(30(3)4)27-25-23-10-8-6-2/h12-13,15-16,29H,5-11,14,17-28H2,1-4H3. The van der Waals surface area contributed by atoms with Crippen LogP contribution in [0.4, 0.5) is 0 Å². The lowest BCUT2D eigenvalue weighted by atomic mass is 9.99. The van der Waals surface area contributed by atoms with Gasteiger partial charge in [-0.25, -0.2) is 0 Å². The summed E-state index contributed by atoms with van der Waals surface area (Å²) in [6.45, 7) is 4.57. The second-order valence-electron chi connectivity index (χ2n) is 9.55. The average Bonchev–Trinajstić information content (AvgIpc) is 2.74. The van der Waals surface area contributed by atoms with Crippen LogP contribution in [0.15, 0.2) is 24.3 Å². The first kappa shape index (κ1) is 29.4. The van der Waals surface area contributed by atoms with Crippen molar-refractivity contribution in [2.24, 2.45) is 0 Å². The van der Waals surface area contributed by atoms with E-state index >= 15 is 0 Å². The van der Waals surface area contributed by atoms with Crippen LogP contribution in [-0.4, -0.2) is 25.0 Å². The normalized spacial score (nSPS) is 13.2. The summed E-state index contributed by atoms with van der Waals surface area (Å²) in [5, 5.41) is 0. The van der Waals surface area contributed by atoms with Crippen LogP contribution >= 0.6 is 0 Å². The van der Waals surface area contributed by atoms with Crippen LogP contribution < -0.4 is 0 Å². The third-order valence-electron chi connectivity index (χ3n) is 6.36. The second-order valence-corrected chi connectivity index (χ2v) is 9.55. The molecule has 0 aliphatic rings. The first-order chi connectivity index (χ1) is 14.7. The molecule has 0 amide bonds. The molecule has 0 saturated carbocycles. The molecule has 1 nitrogen and oxygen atoms in total. The number of rotatable bonds is 23. The Morgan fingerprint density at radius 1 is 0.500 bits per heavy atom. The summed E-state index contributed by atoms with van der Waals surface area (Å²) in [5.74, 6) is 0. The fraction of sp³-hybridized carbons (Fsp3) is 0.862. The van der Waals surface area contributed by atoms with Crippen molar-refractivity contribution in [3.63, 3.8) is 0 Å². The molecule has 0 aromatic carbocycles. The van der Waals surface area contributed by atoms with Crippen molar-refractivity contribution in [1.82, 2.24) is 4.90 Å². The van der Waals surface area contributed by atoms with Gasteiger partial charge in [0.25, 0.3) is 0 Å². The molecule has 178 valence electrons. The van der Waals surface area contributed by atoms with Crippen LogP contribution in [-0.2, 0) is 0 Å². The lowest BCUT2D eigenvalue weighted by molar-refractivity contribution is 0.251. The van der Waals surface area contributed by atoms with E-state index in [0.717, 1.165) is 12.5 Å². The summed E-state index contributed by atoms with van der Waals surface area (Å²) in [4.78, 5) is 2.47. The Labute approximate surface area is 191 Å². The summed E-state index contributed by atoms with van der Waals surface area (Å²) in [6, 6.07) is 0.810. The van der Waals surface area contributed by atoms with E-state index in [9.17, 15) is 0 Å². The molecule has 0 radical (unpaired) electrons.